The van der Waals surface area contributed by atoms with Gasteiger partial charge in [-0.15, -0.1) is 0 Å². The minimum absolute atomic E-state index is 0.00990. The number of rotatable bonds is 5. The molecule has 4 nitrogen and oxygen atoms in total. The molecule has 0 heterocycles. The molecule has 0 aliphatic rings. The van der Waals surface area contributed by atoms with Crippen LogP contribution in [0.2, 0.25) is 0 Å². The summed E-state index contributed by atoms with van der Waals surface area (Å²) in [5, 5.41) is 9.16. The Bertz CT molecular complexity index is 597. The number of benzene rings is 1. The highest BCUT2D eigenvalue weighted by atomic mass is 16.6. The van der Waals surface area contributed by atoms with Crippen molar-refractivity contribution in [2.45, 2.75) is 33.8 Å². The average molecular weight is 287 g/mol. The Morgan fingerprint density at radius 1 is 1.29 bits per heavy atom. The molecule has 0 saturated carbocycles. The summed E-state index contributed by atoms with van der Waals surface area (Å²) < 4.78 is 10.1. The van der Waals surface area contributed by atoms with E-state index in [1.807, 2.05) is 39.0 Å². The summed E-state index contributed by atoms with van der Waals surface area (Å²) in [7, 11) is 1.53. The summed E-state index contributed by atoms with van der Waals surface area (Å²) >= 11 is 0. The molecule has 1 rings (SSSR count). The maximum atomic E-state index is 12.0. The third-order valence-corrected chi connectivity index (χ3v) is 3.23. The van der Waals surface area contributed by atoms with E-state index in [2.05, 4.69) is 0 Å². The van der Waals surface area contributed by atoms with Crippen LogP contribution in [0.5, 0.6) is 0 Å². The van der Waals surface area contributed by atoms with Crippen molar-refractivity contribution in [3.63, 3.8) is 0 Å². The van der Waals surface area contributed by atoms with Crippen LogP contribution in [-0.2, 0) is 14.3 Å². The second-order valence-electron chi connectivity index (χ2n) is 5.13. The van der Waals surface area contributed by atoms with E-state index in [9.17, 15) is 4.79 Å². The van der Waals surface area contributed by atoms with E-state index in [-0.39, 0.29) is 11.7 Å². The molecule has 0 spiro atoms. The number of hydrogen-bond acceptors (Lipinski definition) is 4. The second-order valence-corrected chi connectivity index (χ2v) is 5.13. The zero-order valence-corrected chi connectivity index (χ0v) is 13.2. The van der Waals surface area contributed by atoms with Gasteiger partial charge in [-0.25, -0.2) is 4.79 Å². The maximum absolute atomic E-state index is 12.0. The Hall–Kier alpha value is -2.12. The third kappa shape index (κ3) is 4.73. The number of carbonyl (C=O) groups excluding carboxylic acids is 1. The van der Waals surface area contributed by atoms with E-state index in [0.29, 0.717) is 6.61 Å². The molecule has 0 bridgehead atoms. The smallest absolute Gasteiger partial charge is 0.349 e. The molecule has 112 valence electrons. The molecule has 0 fully saturated rings. The molecule has 21 heavy (non-hydrogen) atoms. The molecule has 0 radical (unpaired) electrons. The monoisotopic (exact) mass is 287 g/mol. The van der Waals surface area contributed by atoms with E-state index in [1.165, 1.54) is 12.7 Å². The standard InChI is InChI=1S/C17H21NO3/c1-11-6-13(3)15(7-12(11)2)8-16(9-18)17(19)21-14(4)10-20-5/h6-8,14H,10H2,1-5H3/b16-8+/t14-/m1/s1. The third-order valence-electron chi connectivity index (χ3n) is 3.23. The number of nitrogens with zero attached hydrogens (tertiary/aromatic N) is 1. The Balaban J connectivity index is 3.02. The van der Waals surface area contributed by atoms with E-state index >= 15 is 0 Å². The van der Waals surface area contributed by atoms with Gasteiger partial charge in [0.2, 0.25) is 0 Å². The molecule has 0 aliphatic carbocycles. The molecule has 0 aliphatic heterocycles. The van der Waals surface area contributed by atoms with Crippen molar-refractivity contribution in [3.8, 4) is 6.07 Å². The Morgan fingerprint density at radius 2 is 1.90 bits per heavy atom. The van der Waals surface area contributed by atoms with Crippen molar-refractivity contribution in [1.82, 2.24) is 0 Å². The van der Waals surface area contributed by atoms with Gasteiger partial charge in [0, 0.05) is 7.11 Å². The number of nitriles is 1. The molecule has 1 aromatic rings. The molecule has 4 heteroatoms. The van der Waals surface area contributed by atoms with Gasteiger partial charge in [-0.05, 0) is 56.0 Å². The van der Waals surface area contributed by atoms with E-state index in [1.54, 1.807) is 13.0 Å². The van der Waals surface area contributed by atoms with Crippen LogP contribution in [0.15, 0.2) is 17.7 Å². The second kappa shape index (κ2) is 7.61. The molecule has 0 aromatic heterocycles. The van der Waals surface area contributed by atoms with Crippen molar-refractivity contribution >= 4 is 12.0 Å². The lowest BCUT2D eigenvalue weighted by molar-refractivity contribution is -0.145. The molecular weight excluding hydrogens is 266 g/mol. The SMILES string of the molecule is COC[C@@H](C)OC(=O)/C(C#N)=C/c1cc(C)c(C)cc1C. The van der Waals surface area contributed by atoms with Gasteiger partial charge in [0.15, 0.2) is 0 Å². The zero-order valence-electron chi connectivity index (χ0n) is 13.2. The molecule has 0 N–H and O–H groups in total. The quantitative estimate of drug-likeness (QED) is 0.474. The number of carbonyl (C=O) groups is 1. The highest BCUT2D eigenvalue weighted by molar-refractivity contribution is 5.98. The minimum atomic E-state index is -0.625. The van der Waals surface area contributed by atoms with Crippen LogP contribution >= 0.6 is 0 Å². The fourth-order valence-electron chi connectivity index (χ4n) is 1.95. The minimum Gasteiger partial charge on any atom is -0.456 e. The lowest BCUT2D eigenvalue weighted by Crippen LogP contribution is -2.20. The first-order chi connectivity index (χ1) is 9.88. The zero-order chi connectivity index (χ0) is 16.0. The van der Waals surface area contributed by atoms with E-state index < -0.39 is 5.97 Å². The normalized spacial score (nSPS) is 12.7. The molecule has 1 aromatic carbocycles. The summed E-state index contributed by atoms with van der Waals surface area (Å²) in [5.74, 6) is -0.625. The summed E-state index contributed by atoms with van der Waals surface area (Å²) in [6.45, 7) is 8.00. The highest BCUT2D eigenvalue weighted by Crippen LogP contribution is 2.18. The number of hydrogen-bond donors (Lipinski definition) is 0. The van der Waals surface area contributed by atoms with E-state index in [0.717, 1.165) is 16.7 Å². The van der Waals surface area contributed by atoms with Gasteiger partial charge in [0.1, 0.15) is 17.7 Å². The van der Waals surface area contributed by atoms with Crippen LogP contribution in [0.1, 0.15) is 29.2 Å². The van der Waals surface area contributed by atoms with Crippen molar-refractivity contribution < 1.29 is 14.3 Å². The van der Waals surface area contributed by atoms with Crippen LogP contribution < -0.4 is 0 Å². The van der Waals surface area contributed by atoms with Gasteiger partial charge in [-0.1, -0.05) is 12.1 Å². The number of methoxy groups -OCH3 is 1. The van der Waals surface area contributed by atoms with Crippen molar-refractivity contribution in [3.05, 3.63) is 40.0 Å². The van der Waals surface area contributed by atoms with Crippen molar-refractivity contribution in [1.29, 1.82) is 5.26 Å². The van der Waals surface area contributed by atoms with Gasteiger partial charge >= 0.3 is 5.97 Å². The topological polar surface area (TPSA) is 59.3 Å². The van der Waals surface area contributed by atoms with Crippen LogP contribution in [-0.4, -0.2) is 25.8 Å². The maximum Gasteiger partial charge on any atom is 0.349 e. The Morgan fingerprint density at radius 3 is 2.48 bits per heavy atom. The van der Waals surface area contributed by atoms with Crippen LogP contribution in [0.25, 0.3) is 6.08 Å². The first-order valence-corrected chi connectivity index (χ1v) is 6.78. The van der Waals surface area contributed by atoms with Gasteiger partial charge in [-0.2, -0.15) is 5.26 Å². The van der Waals surface area contributed by atoms with Gasteiger partial charge in [0.05, 0.1) is 6.61 Å². The van der Waals surface area contributed by atoms with Crippen LogP contribution in [0.4, 0.5) is 0 Å². The largest absolute Gasteiger partial charge is 0.456 e. The highest BCUT2D eigenvalue weighted by Gasteiger charge is 2.15. The summed E-state index contributed by atoms with van der Waals surface area (Å²) in [5.41, 5.74) is 4.16. The number of aryl methyl sites for hydroxylation is 3. The van der Waals surface area contributed by atoms with Crippen molar-refractivity contribution in [2.75, 3.05) is 13.7 Å². The average Bonchev–Trinajstić information content (AvgIpc) is 2.41. The number of esters is 1. The molecule has 0 unspecified atom stereocenters. The first kappa shape index (κ1) is 16.9. The van der Waals surface area contributed by atoms with Gasteiger partial charge in [0.25, 0.3) is 0 Å². The molecular formula is C17H21NO3. The summed E-state index contributed by atoms with van der Waals surface area (Å²) in [6, 6.07) is 5.91. The van der Waals surface area contributed by atoms with Gasteiger partial charge < -0.3 is 9.47 Å². The lowest BCUT2D eigenvalue weighted by atomic mass is 9.99. The van der Waals surface area contributed by atoms with Crippen LogP contribution in [0, 0.1) is 32.1 Å². The predicted octanol–water partition coefficient (Wildman–Crippen LogP) is 3.10. The summed E-state index contributed by atoms with van der Waals surface area (Å²) in [6.07, 6.45) is 1.18. The fraction of sp³-hybridized carbons (Fsp3) is 0.412. The van der Waals surface area contributed by atoms with Gasteiger partial charge in [-0.3, -0.25) is 0 Å². The molecule has 0 saturated heterocycles. The fourth-order valence-corrected chi connectivity index (χ4v) is 1.95. The number of ether oxygens (including phenoxy) is 2. The van der Waals surface area contributed by atoms with E-state index in [4.69, 9.17) is 14.7 Å². The molecule has 1 atom stereocenters. The summed E-state index contributed by atoms with van der Waals surface area (Å²) in [4.78, 5) is 12.0. The molecule has 0 amide bonds. The van der Waals surface area contributed by atoms with Crippen LogP contribution in [0.3, 0.4) is 0 Å². The lowest BCUT2D eigenvalue weighted by Gasteiger charge is -2.12. The Kier molecular flexibility index (Phi) is 6.13. The first-order valence-electron chi connectivity index (χ1n) is 6.78. The Labute approximate surface area is 126 Å². The predicted molar refractivity (Wildman–Crippen MR) is 81.7 cm³/mol. The van der Waals surface area contributed by atoms with Crippen molar-refractivity contribution in [2.24, 2.45) is 0 Å².